The topological polar surface area (TPSA) is 32.3 Å². The molecule has 3 nitrogen and oxygen atoms in total. The second-order valence-electron chi connectivity index (χ2n) is 5.85. The summed E-state index contributed by atoms with van der Waals surface area (Å²) in [6, 6.07) is 15.7. The van der Waals surface area contributed by atoms with Gasteiger partial charge in [-0.25, -0.2) is 0 Å². The lowest BCUT2D eigenvalue weighted by Gasteiger charge is -2.18. The van der Waals surface area contributed by atoms with Gasteiger partial charge in [0.25, 0.3) is 5.91 Å². The highest BCUT2D eigenvalue weighted by atomic mass is 127. The van der Waals surface area contributed by atoms with E-state index in [1.165, 1.54) is 12.1 Å². The van der Waals surface area contributed by atoms with Crippen molar-refractivity contribution >= 4 is 39.9 Å². The summed E-state index contributed by atoms with van der Waals surface area (Å²) in [6.45, 7) is 4.53. The van der Waals surface area contributed by atoms with Crippen LogP contribution in [-0.2, 0) is 0 Å². The molecule has 1 amide bonds. The Hall–Kier alpha value is -1.56. The van der Waals surface area contributed by atoms with Gasteiger partial charge in [0, 0.05) is 33.6 Å². The van der Waals surface area contributed by atoms with Crippen LogP contribution in [0.4, 0.5) is 11.4 Å². The largest absolute Gasteiger partial charge is 0.371 e. The van der Waals surface area contributed by atoms with Gasteiger partial charge in [-0.05, 0) is 77.4 Å². The molecule has 0 bridgehead atoms. The van der Waals surface area contributed by atoms with E-state index in [1.54, 1.807) is 0 Å². The van der Waals surface area contributed by atoms with Crippen molar-refractivity contribution in [2.75, 3.05) is 23.3 Å². The Morgan fingerprint density at radius 3 is 2.64 bits per heavy atom. The number of carbonyl (C=O) groups excluding carboxylic acids is 1. The van der Waals surface area contributed by atoms with E-state index in [4.69, 9.17) is 0 Å². The van der Waals surface area contributed by atoms with Crippen molar-refractivity contribution in [2.24, 2.45) is 5.92 Å². The van der Waals surface area contributed by atoms with Gasteiger partial charge in [-0.1, -0.05) is 13.0 Å². The van der Waals surface area contributed by atoms with Crippen molar-refractivity contribution < 1.29 is 4.79 Å². The van der Waals surface area contributed by atoms with Crippen molar-refractivity contribution in [3.8, 4) is 0 Å². The van der Waals surface area contributed by atoms with E-state index in [0.717, 1.165) is 28.3 Å². The van der Waals surface area contributed by atoms with Gasteiger partial charge in [-0.15, -0.1) is 0 Å². The maximum Gasteiger partial charge on any atom is 0.255 e. The third kappa shape index (κ3) is 3.61. The third-order valence-electron chi connectivity index (χ3n) is 4.00. The Kier molecular flexibility index (Phi) is 4.66. The number of rotatable bonds is 3. The fraction of sp³-hybridized carbons (Fsp3) is 0.278. The molecule has 1 aliphatic rings. The zero-order valence-corrected chi connectivity index (χ0v) is 14.7. The summed E-state index contributed by atoms with van der Waals surface area (Å²) in [7, 11) is 0. The molecule has 2 aromatic carbocycles. The molecule has 1 unspecified atom stereocenters. The predicted octanol–water partition coefficient (Wildman–Crippen LogP) is 4.39. The average molecular weight is 406 g/mol. The molecule has 0 saturated carbocycles. The van der Waals surface area contributed by atoms with Crippen molar-refractivity contribution in [1.82, 2.24) is 0 Å². The van der Waals surface area contributed by atoms with E-state index < -0.39 is 0 Å². The highest BCUT2D eigenvalue weighted by Crippen LogP contribution is 2.25. The minimum absolute atomic E-state index is 0.0685. The first-order chi connectivity index (χ1) is 10.6. The molecule has 0 radical (unpaired) electrons. The standard InChI is InChI=1S/C18H19IN2O/c1-13-9-10-21(12-13)17-7-5-16(6-8-17)20-18(22)14-3-2-4-15(19)11-14/h2-8,11,13H,9-10,12H2,1H3,(H,20,22). The van der Waals surface area contributed by atoms with E-state index in [2.05, 4.69) is 51.9 Å². The van der Waals surface area contributed by atoms with Crippen LogP contribution in [0.1, 0.15) is 23.7 Å². The minimum Gasteiger partial charge on any atom is -0.371 e. The van der Waals surface area contributed by atoms with E-state index in [0.29, 0.717) is 5.56 Å². The van der Waals surface area contributed by atoms with Crippen LogP contribution in [-0.4, -0.2) is 19.0 Å². The molecule has 114 valence electrons. The van der Waals surface area contributed by atoms with Gasteiger partial charge in [0.1, 0.15) is 0 Å². The number of hydrogen-bond acceptors (Lipinski definition) is 2. The zero-order chi connectivity index (χ0) is 15.5. The summed E-state index contributed by atoms with van der Waals surface area (Å²) in [4.78, 5) is 14.6. The van der Waals surface area contributed by atoms with Gasteiger partial charge in [0.2, 0.25) is 0 Å². The van der Waals surface area contributed by atoms with Gasteiger partial charge < -0.3 is 10.2 Å². The van der Waals surface area contributed by atoms with Gasteiger partial charge in [-0.2, -0.15) is 0 Å². The van der Waals surface area contributed by atoms with Crippen molar-refractivity contribution in [1.29, 1.82) is 0 Å². The van der Waals surface area contributed by atoms with Crippen LogP contribution in [0.2, 0.25) is 0 Å². The summed E-state index contributed by atoms with van der Waals surface area (Å²) in [6.07, 6.45) is 1.26. The first kappa shape index (κ1) is 15.3. The second kappa shape index (κ2) is 6.69. The van der Waals surface area contributed by atoms with Gasteiger partial charge in [0.05, 0.1) is 0 Å². The monoisotopic (exact) mass is 406 g/mol. The zero-order valence-electron chi connectivity index (χ0n) is 12.6. The molecule has 0 aromatic heterocycles. The number of benzene rings is 2. The normalized spacial score (nSPS) is 17.5. The van der Waals surface area contributed by atoms with Crippen LogP contribution >= 0.6 is 22.6 Å². The fourth-order valence-corrected chi connectivity index (χ4v) is 3.30. The molecule has 1 saturated heterocycles. The van der Waals surface area contributed by atoms with Crippen molar-refractivity contribution in [3.05, 3.63) is 57.7 Å². The lowest BCUT2D eigenvalue weighted by atomic mass is 10.2. The number of hydrogen-bond donors (Lipinski definition) is 1. The van der Waals surface area contributed by atoms with E-state index in [9.17, 15) is 4.79 Å². The highest BCUT2D eigenvalue weighted by Gasteiger charge is 2.18. The van der Waals surface area contributed by atoms with Crippen LogP contribution in [0.3, 0.4) is 0 Å². The molecule has 22 heavy (non-hydrogen) atoms. The summed E-state index contributed by atoms with van der Waals surface area (Å²) in [5.74, 6) is 0.695. The molecule has 0 spiro atoms. The molecule has 2 aromatic rings. The van der Waals surface area contributed by atoms with Gasteiger partial charge >= 0.3 is 0 Å². The van der Waals surface area contributed by atoms with Crippen LogP contribution in [0.5, 0.6) is 0 Å². The summed E-state index contributed by atoms with van der Waals surface area (Å²) in [5.41, 5.74) is 2.75. The molecular formula is C18H19IN2O. The highest BCUT2D eigenvalue weighted by molar-refractivity contribution is 14.1. The number of nitrogens with one attached hydrogen (secondary N) is 1. The van der Waals surface area contributed by atoms with Crippen LogP contribution in [0, 0.1) is 9.49 Å². The Balaban J connectivity index is 1.67. The van der Waals surface area contributed by atoms with E-state index in [1.807, 2.05) is 36.4 Å². The van der Waals surface area contributed by atoms with Crippen LogP contribution in [0.25, 0.3) is 0 Å². The smallest absolute Gasteiger partial charge is 0.255 e. The second-order valence-corrected chi connectivity index (χ2v) is 7.10. The van der Waals surface area contributed by atoms with Crippen LogP contribution in [0.15, 0.2) is 48.5 Å². The van der Waals surface area contributed by atoms with Gasteiger partial charge in [-0.3, -0.25) is 4.79 Å². The molecule has 4 heteroatoms. The molecule has 1 heterocycles. The van der Waals surface area contributed by atoms with Gasteiger partial charge in [0.15, 0.2) is 0 Å². The molecule has 1 atom stereocenters. The molecule has 1 fully saturated rings. The Morgan fingerprint density at radius 2 is 2.00 bits per heavy atom. The lowest BCUT2D eigenvalue weighted by molar-refractivity contribution is 0.102. The summed E-state index contributed by atoms with van der Waals surface area (Å²) < 4.78 is 1.06. The summed E-state index contributed by atoms with van der Waals surface area (Å²) >= 11 is 2.21. The lowest BCUT2D eigenvalue weighted by Crippen LogP contribution is -2.19. The number of halogens is 1. The molecule has 0 aliphatic carbocycles. The number of anilines is 2. The Morgan fingerprint density at radius 1 is 1.23 bits per heavy atom. The van der Waals surface area contributed by atoms with E-state index >= 15 is 0 Å². The number of amides is 1. The van der Waals surface area contributed by atoms with Crippen molar-refractivity contribution in [2.45, 2.75) is 13.3 Å². The van der Waals surface area contributed by atoms with Crippen molar-refractivity contribution in [3.63, 3.8) is 0 Å². The number of carbonyl (C=O) groups is 1. The molecule has 1 N–H and O–H groups in total. The Labute approximate surface area is 144 Å². The first-order valence-corrected chi connectivity index (χ1v) is 8.61. The van der Waals surface area contributed by atoms with Crippen LogP contribution < -0.4 is 10.2 Å². The molecular weight excluding hydrogens is 387 g/mol. The quantitative estimate of drug-likeness (QED) is 0.767. The maximum absolute atomic E-state index is 12.2. The first-order valence-electron chi connectivity index (χ1n) is 7.54. The maximum atomic E-state index is 12.2. The summed E-state index contributed by atoms with van der Waals surface area (Å²) in [5, 5.41) is 2.95. The Bertz CT molecular complexity index is 669. The SMILES string of the molecule is CC1CCN(c2ccc(NC(=O)c3cccc(I)c3)cc2)C1. The van der Waals surface area contributed by atoms with E-state index in [-0.39, 0.29) is 5.91 Å². The fourth-order valence-electron chi connectivity index (χ4n) is 2.76. The minimum atomic E-state index is -0.0685. The third-order valence-corrected chi connectivity index (χ3v) is 4.67. The molecule has 1 aliphatic heterocycles. The molecule has 3 rings (SSSR count). The average Bonchev–Trinajstić information content (AvgIpc) is 2.94. The predicted molar refractivity (Wildman–Crippen MR) is 99.5 cm³/mol. The number of nitrogens with zero attached hydrogens (tertiary/aromatic N) is 1.